The van der Waals surface area contributed by atoms with E-state index >= 15 is 0 Å². The van der Waals surface area contributed by atoms with E-state index < -0.39 is 35.1 Å². The molecule has 3 aromatic carbocycles. The summed E-state index contributed by atoms with van der Waals surface area (Å²) >= 11 is 0. The second kappa shape index (κ2) is 14.3. The average Bonchev–Trinajstić information content (AvgIpc) is 3.00. The van der Waals surface area contributed by atoms with E-state index in [1.54, 1.807) is 33.2 Å². The van der Waals surface area contributed by atoms with E-state index in [0.717, 1.165) is 22.3 Å². The Hall–Kier alpha value is -4.98. The lowest BCUT2D eigenvalue weighted by atomic mass is 9.77. The summed E-state index contributed by atoms with van der Waals surface area (Å²) in [6.07, 6.45) is 2.85. The number of hydrogen-bond donors (Lipinski definition) is 3. The number of hydrogen-bond acceptors (Lipinski definition) is 5. The third kappa shape index (κ3) is 8.52. The van der Waals surface area contributed by atoms with Crippen LogP contribution in [0.3, 0.4) is 0 Å². The summed E-state index contributed by atoms with van der Waals surface area (Å²) in [5.74, 6) is -0.915. The molecule has 4 aromatic rings. The first kappa shape index (κ1) is 31.0. The smallest absolute Gasteiger partial charge is 0.408 e. The average molecular weight is 579 g/mol. The first-order chi connectivity index (χ1) is 20.7. The van der Waals surface area contributed by atoms with Crippen LogP contribution in [-0.2, 0) is 26.3 Å². The van der Waals surface area contributed by atoms with Gasteiger partial charge in [-0.2, -0.15) is 0 Å². The van der Waals surface area contributed by atoms with Crippen molar-refractivity contribution in [1.29, 1.82) is 0 Å². The van der Waals surface area contributed by atoms with Gasteiger partial charge in [-0.1, -0.05) is 91.0 Å². The van der Waals surface area contributed by atoms with Crippen molar-refractivity contribution in [1.82, 2.24) is 20.9 Å². The van der Waals surface area contributed by atoms with Crippen LogP contribution in [-0.4, -0.2) is 41.1 Å². The number of rotatable bonds is 11. The van der Waals surface area contributed by atoms with E-state index in [0.29, 0.717) is 13.0 Å². The Bertz CT molecular complexity index is 1380. The van der Waals surface area contributed by atoms with Crippen LogP contribution in [0.25, 0.3) is 0 Å². The maximum atomic E-state index is 14.0. The molecule has 1 aromatic heterocycles. The molecule has 3 amide bonds. The minimum atomic E-state index is -1.17. The van der Waals surface area contributed by atoms with Crippen LogP contribution in [0.4, 0.5) is 4.79 Å². The zero-order valence-electron chi connectivity index (χ0n) is 24.7. The lowest BCUT2D eigenvalue weighted by molar-refractivity contribution is -0.129. The van der Waals surface area contributed by atoms with Crippen LogP contribution < -0.4 is 16.0 Å². The normalized spacial score (nSPS) is 12.1. The molecule has 3 N–H and O–H groups in total. The molecule has 43 heavy (non-hydrogen) atoms. The van der Waals surface area contributed by atoms with Gasteiger partial charge in [-0.05, 0) is 61.6 Å². The number of nitrogens with zero attached hydrogens (tertiary/aromatic N) is 1. The monoisotopic (exact) mass is 578 g/mol. The van der Waals surface area contributed by atoms with Gasteiger partial charge in [0.1, 0.15) is 17.2 Å². The first-order valence-corrected chi connectivity index (χ1v) is 14.3. The van der Waals surface area contributed by atoms with Crippen molar-refractivity contribution in [3.63, 3.8) is 0 Å². The molecule has 0 radical (unpaired) electrons. The van der Waals surface area contributed by atoms with Gasteiger partial charge in [-0.15, -0.1) is 0 Å². The molecule has 0 aliphatic heterocycles. The van der Waals surface area contributed by atoms with Gasteiger partial charge in [0, 0.05) is 18.9 Å². The largest absolute Gasteiger partial charge is 0.444 e. The first-order valence-electron chi connectivity index (χ1n) is 14.3. The summed E-state index contributed by atoms with van der Waals surface area (Å²) in [7, 11) is 0. The topological polar surface area (TPSA) is 109 Å². The molecule has 0 bridgehead atoms. The molecule has 0 aliphatic rings. The highest BCUT2D eigenvalue weighted by Crippen LogP contribution is 2.36. The van der Waals surface area contributed by atoms with Crippen molar-refractivity contribution in [3.05, 3.63) is 138 Å². The van der Waals surface area contributed by atoms with Crippen LogP contribution in [0.15, 0.2) is 116 Å². The molecule has 0 spiro atoms. The van der Waals surface area contributed by atoms with E-state index in [1.807, 2.05) is 103 Å². The fraction of sp³-hybridized carbons (Fsp3) is 0.257. The highest BCUT2D eigenvalue weighted by molar-refractivity contribution is 5.91. The van der Waals surface area contributed by atoms with Crippen LogP contribution in [0.2, 0.25) is 0 Å². The fourth-order valence-electron chi connectivity index (χ4n) is 4.89. The molecule has 0 saturated heterocycles. The summed E-state index contributed by atoms with van der Waals surface area (Å²) < 4.78 is 5.41. The Morgan fingerprint density at radius 2 is 1.23 bits per heavy atom. The zero-order chi connectivity index (χ0) is 30.7. The number of nitrogens with one attached hydrogen (secondary N) is 3. The maximum absolute atomic E-state index is 14.0. The van der Waals surface area contributed by atoms with Gasteiger partial charge in [0.2, 0.25) is 11.8 Å². The third-order valence-electron chi connectivity index (χ3n) is 6.81. The van der Waals surface area contributed by atoms with Gasteiger partial charge in [0.05, 0.1) is 6.42 Å². The Morgan fingerprint density at radius 3 is 1.70 bits per heavy atom. The minimum Gasteiger partial charge on any atom is -0.444 e. The van der Waals surface area contributed by atoms with Crippen molar-refractivity contribution < 1.29 is 19.1 Å². The van der Waals surface area contributed by atoms with E-state index in [9.17, 15) is 14.4 Å². The molecule has 1 heterocycles. The third-order valence-corrected chi connectivity index (χ3v) is 6.81. The SMILES string of the molecule is CC(C)(C)OC(=O)N[C@H](CC(=O)NC(c1ccccc1)(c1ccccc1)c1ccccc1)C(=O)NCCc1ccncc1. The molecular formula is C35H38N4O4. The number of amides is 3. The zero-order valence-corrected chi connectivity index (χ0v) is 24.7. The van der Waals surface area contributed by atoms with Gasteiger partial charge in [-0.25, -0.2) is 4.79 Å². The number of aromatic nitrogens is 1. The van der Waals surface area contributed by atoms with Crippen molar-refractivity contribution >= 4 is 17.9 Å². The molecule has 222 valence electrons. The summed E-state index contributed by atoms with van der Waals surface area (Å²) in [6, 6.07) is 31.6. The summed E-state index contributed by atoms with van der Waals surface area (Å²) in [6.45, 7) is 5.52. The lowest BCUT2D eigenvalue weighted by Crippen LogP contribution is -2.53. The van der Waals surface area contributed by atoms with E-state index in [4.69, 9.17) is 4.74 Å². The van der Waals surface area contributed by atoms with Crippen molar-refractivity contribution in [2.75, 3.05) is 6.54 Å². The molecule has 0 fully saturated rings. The summed E-state index contributed by atoms with van der Waals surface area (Å²) in [5, 5.41) is 8.72. The van der Waals surface area contributed by atoms with Gasteiger partial charge in [0.25, 0.3) is 0 Å². The van der Waals surface area contributed by atoms with Crippen LogP contribution in [0.1, 0.15) is 49.4 Å². The number of carbonyl (C=O) groups excluding carboxylic acids is 3. The molecule has 4 rings (SSSR count). The molecule has 0 saturated carbocycles. The van der Waals surface area contributed by atoms with Gasteiger partial charge >= 0.3 is 6.09 Å². The Kier molecular flexibility index (Phi) is 10.3. The molecule has 8 nitrogen and oxygen atoms in total. The molecular weight excluding hydrogens is 540 g/mol. The van der Waals surface area contributed by atoms with Crippen molar-refractivity contribution in [3.8, 4) is 0 Å². The van der Waals surface area contributed by atoms with Crippen LogP contribution in [0.5, 0.6) is 0 Å². The van der Waals surface area contributed by atoms with E-state index in [2.05, 4.69) is 20.9 Å². The van der Waals surface area contributed by atoms with E-state index in [-0.39, 0.29) is 6.42 Å². The maximum Gasteiger partial charge on any atom is 0.408 e. The van der Waals surface area contributed by atoms with Crippen molar-refractivity contribution in [2.24, 2.45) is 0 Å². The minimum absolute atomic E-state index is 0.311. The summed E-state index contributed by atoms with van der Waals surface area (Å²) in [5.41, 5.74) is 1.70. The van der Waals surface area contributed by atoms with E-state index in [1.165, 1.54) is 0 Å². The second-order valence-electron chi connectivity index (χ2n) is 11.2. The second-order valence-corrected chi connectivity index (χ2v) is 11.2. The number of alkyl carbamates (subject to hydrolysis) is 1. The summed E-state index contributed by atoms with van der Waals surface area (Å²) in [4.78, 5) is 44.1. The van der Waals surface area contributed by atoms with Gasteiger partial charge < -0.3 is 20.7 Å². The van der Waals surface area contributed by atoms with Gasteiger partial charge in [0.15, 0.2) is 0 Å². The fourth-order valence-corrected chi connectivity index (χ4v) is 4.89. The van der Waals surface area contributed by atoms with Crippen molar-refractivity contribution in [2.45, 2.75) is 50.8 Å². The van der Waals surface area contributed by atoms with Crippen LogP contribution >= 0.6 is 0 Å². The molecule has 1 atom stereocenters. The predicted molar refractivity (Wildman–Crippen MR) is 166 cm³/mol. The molecule has 0 aliphatic carbocycles. The Balaban J connectivity index is 1.63. The molecule has 0 unspecified atom stereocenters. The number of carbonyl (C=O) groups is 3. The predicted octanol–water partition coefficient (Wildman–Crippen LogP) is 5.13. The van der Waals surface area contributed by atoms with Crippen LogP contribution in [0, 0.1) is 0 Å². The van der Waals surface area contributed by atoms with Gasteiger partial charge in [-0.3, -0.25) is 14.6 Å². The quantitative estimate of drug-likeness (QED) is 0.214. The highest BCUT2D eigenvalue weighted by atomic mass is 16.6. The molecule has 8 heteroatoms. The standard InChI is InChI=1S/C35H38N4O4/c1-34(2,3)43-33(42)38-30(32(41)37-24-21-26-19-22-36-23-20-26)25-31(40)39-35(27-13-7-4-8-14-27,28-15-9-5-10-16-28)29-17-11-6-12-18-29/h4-20,22-23,30H,21,24-25H2,1-3H3,(H,37,41)(H,38,42)(H,39,40)/t30-/m1/s1. The Morgan fingerprint density at radius 1 is 0.744 bits per heavy atom. The number of pyridine rings is 1. The Labute approximate surface area is 252 Å². The highest BCUT2D eigenvalue weighted by Gasteiger charge is 2.39. The number of ether oxygens (including phenoxy) is 1. The lowest BCUT2D eigenvalue weighted by Gasteiger charge is -2.37. The number of benzene rings is 3.